The third-order valence-corrected chi connectivity index (χ3v) is 3.62. The lowest BCUT2D eigenvalue weighted by Gasteiger charge is -2.04. The number of nitrogens with zero attached hydrogens (tertiary/aromatic N) is 1. The summed E-state index contributed by atoms with van der Waals surface area (Å²) in [5.41, 5.74) is 6.96. The van der Waals surface area contributed by atoms with E-state index in [-0.39, 0.29) is 5.02 Å². The van der Waals surface area contributed by atoms with E-state index in [1.165, 1.54) is 17.4 Å². The smallest absolute Gasteiger partial charge is 0.141 e. The minimum absolute atomic E-state index is 0.0951. The largest absolute Gasteiger partial charge is 0.397 e. The van der Waals surface area contributed by atoms with Crippen LogP contribution in [0.25, 0.3) is 0 Å². The molecule has 0 bridgehead atoms. The number of benzene rings is 1. The van der Waals surface area contributed by atoms with Gasteiger partial charge >= 0.3 is 0 Å². The first kappa shape index (κ1) is 12.7. The summed E-state index contributed by atoms with van der Waals surface area (Å²) in [6.07, 6.45) is 0. The Labute approximate surface area is 113 Å². The maximum atomic E-state index is 13.0. The number of nitrogens with two attached hydrogens (primary N) is 1. The highest BCUT2D eigenvalue weighted by Crippen LogP contribution is 2.28. The zero-order valence-electron chi connectivity index (χ0n) is 9.21. The molecule has 2 aromatic rings. The third kappa shape index (κ3) is 2.73. The summed E-state index contributed by atoms with van der Waals surface area (Å²) in [6, 6.07) is 8.25. The van der Waals surface area contributed by atoms with Gasteiger partial charge in [-0.2, -0.15) is 5.26 Å². The second-order valence-corrected chi connectivity index (χ2v) is 5.07. The Morgan fingerprint density at radius 3 is 2.83 bits per heavy atom. The number of nitrogens with one attached hydrogen (secondary N) is 1. The van der Waals surface area contributed by atoms with Gasteiger partial charge < -0.3 is 11.1 Å². The molecule has 18 heavy (non-hydrogen) atoms. The highest BCUT2D eigenvalue weighted by Gasteiger charge is 2.06. The molecule has 0 aliphatic rings. The van der Waals surface area contributed by atoms with Gasteiger partial charge in [-0.25, -0.2) is 4.39 Å². The van der Waals surface area contributed by atoms with Crippen molar-refractivity contribution in [3.8, 4) is 6.07 Å². The van der Waals surface area contributed by atoms with Crippen LogP contribution in [0.15, 0.2) is 24.3 Å². The molecular formula is C12H9ClFN3S. The number of nitrogen functional groups attached to an aromatic ring is 1. The molecule has 6 heteroatoms. The van der Waals surface area contributed by atoms with Gasteiger partial charge in [-0.3, -0.25) is 0 Å². The van der Waals surface area contributed by atoms with Gasteiger partial charge in [-0.05, 0) is 23.8 Å². The lowest BCUT2D eigenvalue weighted by molar-refractivity contribution is 0.627. The molecule has 0 atom stereocenters. The molecule has 0 radical (unpaired) electrons. The maximum Gasteiger partial charge on any atom is 0.141 e. The third-order valence-electron chi connectivity index (χ3n) is 2.31. The number of rotatable bonds is 3. The van der Waals surface area contributed by atoms with E-state index in [1.807, 2.05) is 6.07 Å². The molecule has 0 aliphatic carbocycles. The van der Waals surface area contributed by atoms with E-state index in [0.717, 1.165) is 10.6 Å². The molecule has 0 aliphatic heterocycles. The number of hydrogen-bond donors (Lipinski definition) is 2. The van der Waals surface area contributed by atoms with Crippen molar-refractivity contribution in [2.75, 3.05) is 11.1 Å². The van der Waals surface area contributed by atoms with Crippen molar-refractivity contribution in [3.63, 3.8) is 0 Å². The summed E-state index contributed by atoms with van der Waals surface area (Å²) < 4.78 is 13.0. The number of anilines is 2. The van der Waals surface area contributed by atoms with E-state index in [4.69, 9.17) is 22.6 Å². The molecule has 0 fully saturated rings. The van der Waals surface area contributed by atoms with Crippen molar-refractivity contribution >= 4 is 33.6 Å². The predicted molar refractivity (Wildman–Crippen MR) is 72.2 cm³/mol. The van der Waals surface area contributed by atoms with Crippen LogP contribution in [0.1, 0.15) is 10.4 Å². The standard InChI is InChI=1S/C12H9ClFN3S/c13-8-3-7(1-2-9(8)14)6-17-12-4-10(16)11(5-15)18-12/h1-4,17H,6,16H2. The summed E-state index contributed by atoms with van der Waals surface area (Å²) in [5, 5.41) is 12.8. The van der Waals surface area contributed by atoms with Crippen molar-refractivity contribution in [3.05, 3.63) is 45.5 Å². The maximum absolute atomic E-state index is 13.0. The van der Waals surface area contributed by atoms with Crippen LogP contribution < -0.4 is 11.1 Å². The first-order chi connectivity index (χ1) is 8.60. The summed E-state index contributed by atoms with van der Waals surface area (Å²) in [5.74, 6) is -0.437. The number of hydrogen-bond acceptors (Lipinski definition) is 4. The number of thiophene rings is 1. The van der Waals surface area contributed by atoms with E-state index < -0.39 is 5.82 Å². The predicted octanol–water partition coefficient (Wildman–Crippen LogP) is 3.61. The quantitative estimate of drug-likeness (QED) is 0.903. The highest BCUT2D eigenvalue weighted by atomic mass is 35.5. The van der Waals surface area contributed by atoms with Gasteiger partial charge in [0.1, 0.15) is 16.8 Å². The van der Waals surface area contributed by atoms with Crippen LogP contribution in [-0.4, -0.2) is 0 Å². The summed E-state index contributed by atoms with van der Waals surface area (Å²) in [4.78, 5) is 0.481. The zero-order valence-corrected chi connectivity index (χ0v) is 10.8. The molecule has 0 amide bonds. The second-order valence-electron chi connectivity index (χ2n) is 3.61. The SMILES string of the molecule is N#Cc1sc(NCc2ccc(F)c(Cl)c2)cc1N. The Morgan fingerprint density at radius 2 is 2.22 bits per heavy atom. The Balaban J connectivity index is 2.07. The normalized spacial score (nSPS) is 10.1. The van der Waals surface area contributed by atoms with Crippen molar-refractivity contribution < 1.29 is 4.39 Å². The molecule has 2 rings (SSSR count). The van der Waals surface area contributed by atoms with Crippen LogP contribution >= 0.6 is 22.9 Å². The van der Waals surface area contributed by atoms with Crippen LogP contribution in [0.4, 0.5) is 15.1 Å². The fraction of sp³-hybridized carbons (Fsp3) is 0.0833. The van der Waals surface area contributed by atoms with Crippen molar-refractivity contribution in [2.45, 2.75) is 6.54 Å². The molecule has 1 aromatic carbocycles. The van der Waals surface area contributed by atoms with Gasteiger partial charge in [0.05, 0.1) is 15.7 Å². The van der Waals surface area contributed by atoms with Crippen molar-refractivity contribution in [2.24, 2.45) is 0 Å². The van der Waals surface area contributed by atoms with Gasteiger partial charge in [-0.15, -0.1) is 11.3 Å². The van der Waals surface area contributed by atoms with Crippen LogP contribution in [0.5, 0.6) is 0 Å². The van der Waals surface area contributed by atoms with Crippen LogP contribution in [0, 0.1) is 17.1 Å². The molecular weight excluding hydrogens is 273 g/mol. The molecule has 3 nitrogen and oxygen atoms in total. The molecule has 3 N–H and O–H groups in total. The molecule has 0 unspecified atom stereocenters. The number of halogens is 2. The van der Waals surface area contributed by atoms with Crippen LogP contribution in [-0.2, 0) is 6.54 Å². The zero-order chi connectivity index (χ0) is 13.1. The fourth-order valence-corrected chi connectivity index (χ4v) is 2.39. The molecule has 92 valence electrons. The summed E-state index contributed by atoms with van der Waals surface area (Å²) in [6.45, 7) is 0.491. The minimum Gasteiger partial charge on any atom is -0.397 e. The van der Waals surface area contributed by atoms with Crippen molar-refractivity contribution in [1.82, 2.24) is 0 Å². The van der Waals surface area contributed by atoms with E-state index in [1.54, 1.807) is 18.2 Å². The summed E-state index contributed by atoms with van der Waals surface area (Å²) >= 11 is 6.97. The van der Waals surface area contributed by atoms with Gasteiger partial charge in [0.25, 0.3) is 0 Å². The molecule has 0 spiro atoms. The van der Waals surface area contributed by atoms with E-state index in [9.17, 15) is 4.39 Å². The minimum atomic E-state index is -0.437. The topological polar surface area (TPSA) is 61.8 Å². The van der Waals surface area contributed by atoms with Crippen molar-refractivity contribution in [1.29, 1.82) is 5.26 Å². The monoisotopic (exact) mass is 281 g/mol. The van der Waals surface area contributed by atoms with Crippen LogP contribution in [0.2, 0.25) is 5.02 Å². The van der Waals surface area contributed by atoms with Gasteiger partial charge in [0.2, 0.25) is 0 Å². The average Bonchev–Trinajstić information content (AvgIpc) is 2.71. The molecule has 1 heterocycles. The van der Waals surface area contributed by atoms with Gasteiger partial charge in [-0.1, -0.05) is 17.7 Å². The Kier molecular flexibility index (Phi) is 3.70. The van der Waals surface area contributed by atoms with E-state index >= 15 is 0 Å². The first-order valence-electron chi connectivity index (χ1n) is 5.07. The first-order valence-corrected chi connectivity index (χ1v) is 6.27. The lowest BCUT2D eigenvalue weighted by Crippen LogP contribution is -1.97. The lowest BCUT2D eigenvalue weighted by atomic mass is 10.2. The average molecular weight is 282 g/mol. The van der Waals surface area contributed by atoms with Crippen LogP contribution in [0.3, 0.4) is 0 Å². The van der Waals surface area contributed by atoms with E-state index in [0.29, 0.717) is 17.1 Å². The van der Waals surface area contributed by atoms with Gasteiger partial charge in [0, 0.05) is 6.54 Å². The van der Waals surface area contributed by atoms with E-state index in [2.05, 4.69) is 5.32 Å². The Morgan fingerprint density at radius 1 is 1.44 bits per heavy atom. The van der Waals surface area contributed by atoms with Gasteiger partial charge in [0.15, 0.2) is 0 Å². The summed E-state index contributed by atoms with van der Waals surface area (Å²) in [7, 11) is 0. The Hall–Kier alpha value is -1.77. The number of nitriles is 1. The second kappa shape index (κ2) is 5.25. The Bertz CT molecular complexity index is 618. The fourth-order valence-electron chi connectivity index (χ4n) is 1.42. The molecule has 0 saturated heterocycles. The highest BCUT2D eigenvalue weighted by molar-refractivity contribution is 7.17. The molecule has 1 aromatic heterocycles. The molecule has 0 saturated carbocycles.